The fraction of sp³-hybridized carbons (Fsp3) is 0.533. The quantitative estimate of drug-likeness (QED) is 0.777. The third-order valence-corrected chi connectivity index (χ3v) is 3.79. The third-order valence-electron chi connectivity index (χ3n) is 3.43. The van der Waals surface area contributed by atoms with Crippen molar-refractivity contribution in [3.63, 3.8) is 0 Å². The minimum Gasteiger partial charge on any atom is -0.348 e. The molecule has 1 aliphatic heterocycles. The van der Waals surface area contributed by atoms with Crippen molar-refractivity contribution in [2.24, 2.45) is 11.8 Å². The first-order valence-electron chi connectivity index (χ1n) is 6.67. The number of nitrogens with one attached hydrogen (secondary N) is 1. The van der Waals surface area contributed by atoms with Gasteiger partial charge in [0.1, 0.15) is 0 Å². The van der Waals surface area contributed by atoms with Gasteiger partial charge < -0.3 is 10.2 Å². The molecular weight excluding hydrogens is 240 g/mol. The van der Waals surface area contributed by atoms with Crippen molar-refractivity contribution in [2.45, 2.75) is 27.2 Å². The van der Waals surface area contributed by atoms with E-state index in [1.54, 1.807) is 0 Å². The molecular formula is C15H22N2S. The molecule has 0 saturated carbocycles. The number of benzene rings is 1. The average molecular weight is 262 g/mol. The highest BCUT2D eigenvalue weighted by Gasteiger charge is 2.23. The zero-order valence-corrected chi connectivity index (χ0v) is 12.3. The van der Waals surface area contributed by atoms with Crippen molar-refractivity contribution < 1.29 is 0 Å². The summed E-state index contributed by atoms with van der Waals surface area (Å²) in [5.74, 6) is 1.46. The number of hydrogen-bond acceptors (Lipinski definition) is 1. The second-order valence-corrected chi connectivity index (χ2v) is 6.04. The van der Waals surface area contributed by atoms with E-state index in [2.05, 4.69) is 55.3 Å². The first-order chi connectivity index (χ1) is 8.54. The highest BCUT2D eigenvalue weighted by molar-refractivity contribution is 7.80. The monoisotopic (exact) mass is 262 g/mol. The average Bonchev–Trinajstić information content (AvgIpc) is 2.27. The second kappa shape index (κ2) is 5.70. The summed E-state index contributed by atoms with van der Waals surface area (Å²) < 4.78 is 0. The lowest BCUT2D eigenvalue weighted by Gasteiger charge is -2.36. The largest absolute Gasteiger partial charge is 0.348 e. The van der Waals surface area contributed by atoms with Gasteiger partial charge in [-0.25, -0.2) is 0 Å². The molecule has 2 atom stereocenters. The van der Waals surface area contributed by atoms with Gasteiger partial charge in [0.15, 0.2) is 5.11 Å². The molecule has 18 heavy (non-hydrogen) atoms. The van der Waals surface area contributed by atoms with Crippen LogP contribution in [0.15, 0.2) is 24.3 Å². The Kier molecular flexibility index (Phi) is 4.23. The first kappa shape index (κ1) is 13.3. The Balaban J connectivity index is 1.99. The summed E-state index contributed by atoms with van der Waals surface area (Å²) in [6, 6.07) is 8.35. The van der Waals surface area contributed by atoms with Crippen molar-refractivity contribution >= 4 is 23.0 Å². The Morgan fingerprint density at radius 2 is 1.94 bits per heavy atom. The van der Waals surface area contributed by atoms with E-state index in [1.165, 1.54) is 12.0 Å². The van der Waals surface area contributed by atoms with Crippen LogP contribution in [0.2, 0.25) is 0 Å². The summed E-state index contributed by atoms with van der Waals surface area (Å²) in [5, 5.41) is 4.21. The zero-order chi connectivity index (χ0) is 13.1. The molecule has 1 fully saturated rings. The SMILES string of the molecule is Cc1cccc(NC(=S)N2C[C@H](C)C[C@H](C)C2)c1. The van der Waals surface area contributed by atoms with Crippen molar-refractivity contribution in [1.82, 2.24) is 4.90 Å². The lowest BCUT2D eigenvalue weighted by Crippen LogP contribution is -2.44. The number of rotatable bonds is 1. The van der Waals surface area contributed by atoms with Gasteiger partial charge in [-0.3, -0.25) is 0 Å². The molecule has 0 bridgehead atoms. The molecule has 0 aliphatic carbocycles. The fourth-order valence-corrected chi connectivity index (χ4v) is 3.02. The second-order valence-electron chi connectivity index (χ2n) is 5.65. The number of thiocarbonyl (C=S) groups is 1. The Hall–Kier alpha value is -1.09. The van der Waals surface area contributed by atoms with Gasteiger partial charge in [0.05, 0.1) is 0 Å². The molecule has 1 aromatic rings. The molecule has 1 aliphatic rings. The van der Waals surface area contributed by atoms with Crippen LogP contribution in [0.25, 0.3) is 0 Å². The Labute approximate surface area is 115 Å². The maximum absolute atomic E-state index is 5.52. The minimum absolute atomic E-state index is 0.728. The van der Waals surface area contributed by atoms with Crippen LogP contribution in [0.1, 0.15) is 25.8 Å². The fourth-order valence-electron chi connectivity index (χ4n) is 2.75. The van der Waals surface area contributed by atoms with Crippen molar-refractivity contribution in [1.29, 1.82) is 0 Å². The number of aryl methyl sites for hydroxylation is 1. The van der Waals surface area contributed by atoms with Gasteiger partial charge in [-0.2, -0.15) is 0 Å². The van der Waals surface area contributed by atoms with Crippen LogP contribution in [-0.4, -0.2) is 23.1 Å². The topological polar surface area (TPSA) is 15.3 Å². The van der Waals surface area contributed by atoms with E-state index < -0.39 is 0 Å². The molecule has 3 heteroatoms. The third kappa shape index (κ3) is 3.45. The minimum atomic E-state index is 0.728. The Morgan fingerprint density at radius 3 is 2.56 bits per heavy atom. The van der Waals surface area contributed by atoms with Crippen LogP contribution >= 0.6 is 12.2 Å². The molecule has 1 N–H and O–H groups in total. The van der Waals surface area contributed by atoms with Crippen LogP contribution in [0.4, 0.5) is 5.69 Å². The molecule has 2 rings (SSSR count). The van der Waals surface area contributed by atoms with Crippen LogP contribution in [0, 0.1) is 18.8 Å². The van der Waals surface area contributed by atoms with Crippen molar-refractivity contribution in [2.75, 3.05) is 18.4 Å². The van der Waals surface area contributed by atoms with E-state index >= 15 is 0 Å². The summed E-state index contributed by atoms with van der Waals surface area (Å²) in [6.07, 6.45) is 1.31. The highest BCUT2D eigenvalue weighted by atomic mass is 32.1. The van der Waals surface area contributed by atoms with Gasteiger partial charge in [0.2, 0.25) is 0 Å². The van der Waals surface area contributed by atoms with E-state index in [1.807, 2.05) is 0 Å². The molecule has 0 unspecified atom stereocenters. The number of nitrogens with zero attached hydrogens (tertiary/aromatic N) is 1. The number of anilines is 1. The predicted octanol–water partition coefficient (Wildman–Crippen LogP) is 3.67. The van der Waals surface area contributed by atoms with Crippen molar-refractivity contribution in [3.8, 4) is 0 Å². The van der Waals surface area contributed by atoms with Gasteiger partial charge in [-0.15, -0.1) is 0 Å². The summed E-state index contributed by atoms with van der Waals surface area (Å²) in [6.45, 7) is 8.85. The molecule has 1 heterocycles. The smallest absolute Gasteiger partial charge is 0.173 e. The lowest BCUT2D eigenvalue weighted by atomic mass is 9.92. The Morgan fingerprint density at radius 1 is 1.28 bits per heavy atom. The van der Waals surface area contributed by atoms with E-state index in [0.717, 1.165) is 35.7 Å². The predicted molar refractivity (Wildman–Crippen MR) is 81.9 cm³/mol. The number of piperidine rings is 1. The van der Waals surface area contributed by atoms with Gasteiger partial charge in [-0.1, -0.05) is 26.0 Å². The number of hydrogen-bond donors (Lipinski definition) is 1. The summed E-state index contributed by atoms with van der Waals surface area (Å²) >= 11 is 5.52. The Bertz CT molecular complexity index is 420. The van der Waals surface area contributed by atoms with E-state index in [9.17, 15) is 0 Å². The molecule has 0 spiro atoms. The molecule has 98 valence electrons. The van der Waals surface area contributed by atoms with Gasteiger partial charge >= 0.3 is 0 Å². The zero-order valence-electron chi connectivity index (χ0n) is 11.4. The van der Waals surface area contributed by atoms with E-state index in [-0.39, 0.29) is 0 Å². The molecule has 0 radical (unpaired) electrons. The highest BCUT2D eigenvalue weighted by Crippen LogP contribution is 2.22. The van der Waals surface area contributed by atoms with Crippen LogP contribution in [0.5, 0.6) is 0 Å². The summed E-state index contributed by atoms with van der Waals surface area (Å²) in [5.41, 5.74) is 2.34. The van der Waals surface area contributed by atoms with E-state index in [4.69, 9.17) is 12.2 Å². The molecule has 0 amide bonds. The summed E-state index contributed by atoms with van der Waals surface area (Å²) in [4.78, 5) is 2.30. The maximum atomic E-state index is 5.52. The standard InChI is InChI=1S/C15H22N2S/c1-11-5-4-6-14(8-11)16-15(18)17-9-12(2)7-13(3)10-17/h4-6,8,12-13H,7,9-10H2,1-3H3,(H,16,18)/t12-,13+. The van der Waals surface area contributed by atoms with Gasteiger partial charge in [-0.05, 0) is 55.1 Å². The first-order valence-corrected chi connectivity index (χ1v) is 7.08. The van der Waals surface area contributed by atoms with Crippen LogP contribution in [-0.2, 0) is 0 Å². The van der Waals surface area contributed by atoms with E-state index in [0.29, 0.717) is 0 Å². The summed E-state index contributed by atoms with van der Waals surface area (Å²) in [7, 11) is 0. The van der Waals surface area contributed by atoms with Gasteiger partial charge in [0, 0.05) is 18.8 Å². The molecule has 1 saturated heterocycles. The van der Waals surface area contributed by atoms with Crippen LogP contribution in [0.3, 0.4) is 0 Å². The normalized spacial score (nSPS) is 23.8. The lowest BCUT2D eigenvalue weighted by molar-refractivity contribution is 0.216. The molecule has 0 aromatic heterocycles. The molecule has 1 aromatic carbocycles. The molecule has 2 nitrogen and oxygen atoms in total. The van der Waals surface area contributed by atoms with Crippen molar-refractivity contribution in [3.05, 3.63) is 29.8 Å². The van der Waals surface area contributed by atoms with Crippen LogP contribution < -0.4 is 5.32 Å². The maximum Gasteiger partial charge on any atom is 0.173 e. The number of likely N-dealkylation sites (tertiary alicyclic amines) is 1. The van der Waals surface area contributed by atoms with Gasteiger partial charge in [0.25, 0.3) is 0 Å².